The van der Waals surface area contributed by atoms with Gasteiger partial charge in [0.1, 0.15) is 4.90 Å². The van der Waals surface area contributed by atoms with E-state index in [1.54, 1.807) is 36.0 Å². The van der Waals surface area contributed by atoms with E-state index in [0.29, 0.717) is 18.1 Å². The van der Waals surface area contributed by atoms with E-state index in [2.05, 4.69) is 0 Å². The van der Waals surface area contributed by atoms with E-state index in [0.717, 1.165) is 17.9 Å². The predicted octanol–water partition coefficient (Wildman–Crippen LogP) is 2.47. The van der Waals surface area contributed by atoms with Gasteiger partial charge in [-0.1, -0.05) is 23.7 Å². The van der Waals surface area contributed by atoms with Gasteiger partial charge in [-0.3, -0.25) is 0 Å². The van der Waals surface area contributed by atoms with Crippen LogP contribution in [0.25, 0.3) is 0 Å². The second-order valence-electron chi connectivity index (χ2n) is 3.80. The number of rotatable bonds is 2. The molecule has 1 aliphatic rings. The molecule has 1 aliphatic heterocycles. The van der Waals surface area contributed by atoms with Gasteiger partial charge in [0.25, 0.3) is 0 Å². The van der Waals surface area contributed by atoms with Crippen molar-refractivity contribution in [1.29, 1.82) is 0 Å². The van der Waals surface area contributed by atoms with Gasteiger partial charge in [-0.15, -0.1) is 0 Å². The van der Waals surface area contributed by atoms with Crippen molar-refractivity contribution in [2.45, 2.75) is 11.3 Å². The Morgan fingerprint density at radius 3 is 2.71 bits per heavy atom. The van der Waals surface area contributed by atoms with Crippen LogP contribution in [0.5, 0.6) is 0 Å². The summed E-state index contributed by atoms with van der Waals surface area (Å²) in [5.74, 6) is 1.87. The third kappa shape index (κ3) is 2.96. The molecule has 0 aliphatic carbocycles. The van der Waals surface area contributed by atoms with E-state index in [9.17, 15) is 8.42 Å². The Kier molecular flexibility index (Phi) is 4.36. The number of thioether (sulfide) groups is 1. The molecular formula is C11H14ClNO2S2. The molecule has 0 aromatic heterocycles. The largest absolute Gasteiger partial charge is 0.244 e. The molecule has 17 heavy (non-hydrogen) atoms. The lowest BCUT2D eigenvalue weighted by Crippen LogP contribution is -2.33. The Balaban J connectivity index is 2.32. The van der Waals surface area contributed by atoms with Crippen LogP contribution >= 0.6 is 23.4 Å². The van der Waals surface area contributed by atoms with Crippen LogP contribution in [0.4, 0.5) is 0 Å². The van der Waals surface area contributed by atoms with E-state index < -0.39 is 10.0 Å². The topological polar surface area (TPSA) is 37.4 Å². The van der Waals surface area contributed by atoms with Crippen molar-refractivity contribution in [1.82, 2.24) is 4.31 Å². The monoisotopic (exact) mass is 291 g/mol. The van der Waals surface area contributed by atoms with Gasteiger partial charge in [0.15, 0.2) is 0 Å². The van der Waals surface area contributed by atoms with Crippen LogP contribution in [0.3, 0.4) is 0 Å². The first-order valence-electron chi connectivity index (χ1n) is 5.45. The van der Waals surface area contributed by atoms with E-state index >= 15 is 0 Å². The predicted molar refractivity (Wildman–Crippen MR) is 72.2 cm³/mol. The first-order valence-corrected chi connectivity index (χ1v) is 8.42. The molecule has 3 nitrogen and oxygen atoms in total. The van der Waals surface area contributed by atoms with Crippen LogP contribution < -0.4 is 0 Å². The third-order valence-corrected chi connectivity index (χ3v) is 6.08. The van der Waals surface area contributed by atoms with Gasteiger partial charge >= 0.3 is 0 Å². The molecule has 2 rings (SSSR count). The maximum absolute atomic E-state index is 12.4. The second kappa shape index (κ2) is 5.61. The molecule has 1 fully saturated rings. The van der Waals surface area contributed by atoms with Crippen LogP contribution in [0, 0.1) is 0 Å². The Morgan fingerprint density at radius 2 is 1.94 bits per heavy atom. The molecule has 1 aromatic rings. The lowest BCUT2D eigenvalue weighted by molar-refractivity contribution is 0.435. The smallest absolute Gasteiger partial charge is 0.207 e. The van der Waals surface area contributed by atoms with Crippen LogP contribution in [0.15, 0.2) is 29.2 Å². The highest BCUT2D eigenvalue weighted by molar-refractivity contribution is 7.99. The molecule has 0 amide bonds. The molecule has 0 unspecified atom stereocenters. The zero-order valence-electron chi connectivity index (χ0n) is 9.30. The minimum absolute atomic E-state index is 0.216. The Bertz CT molecular complexity index is 482. The first kappa shape index (κ1) is 13.2. The van der Waals surface area contributed by atoms with Crippen molar-refractivity contribution in [2.75, 3.05) is 24.6 Å². The number of hydrogen-bond donors (Lipinski definition) is 0. The summed E-state index contributed by atoms with van der Waals surface area (Å²) in [7, 11) is -3.43. The Morgan fingerprint density at radius 1 is 1.18 bits per heavy atom. The summed E-state index contributed by atoms with van der Waals surface area (Å²) in [5.41, 5.74) is 0. The SMILES string of the molecule is O=S(=O)(c1ccccc1Cl)N1CCCSCC1. The molecule has 1 aromatic carbocycles. The van der Waals surface area contributed by atoms with E-state index in [4.69, 9.17) is 11.6 Å². The minimum Gasteiger partial charge on any atom is -0.207 e. The normalized spacial score (nSPS) is 18.9. The molecule has 94 valence electrons. The lowest BCUT2D eigenvalue weighted by Gasteiger charge is -2.20. The summed E-state index contributed by atoms with van der Waals surface area (Å²) >= 11 is 7.75. The zero-order valence-corrected chi connectivity index (χ0v) is 11.7. The van der Waals surface area contributed by atoms with Gasteiger partial charge in [0.2, 0.25) is 10.0 Å². The van der Waals surface area contributed by atoms with E-state index in [1.807, 2.05) is 0 Å². The lowest BCUT2D eigenvalue weighted by atomic mass is 10.4. The molecule has 1 heterocycles. The van der Waals surface area contributed by atoms with Gasteiger partial charge in [-0.25, -0.2) is 8.42 Å². The Labute approximate surface area is 111 Å². The first-order chi connectivity index (χ1) is 8.12. The van der Waals surface area contributed by atoms with Crippen molar-refractivity contribution in [3.8, 4) is 0 Å². The summed E-state index contributed by atoms with van der Waals surface area (Å²) < 4.78 is 26.3. The fourth-order valence-electron chi connectivity index (χ4n) is 1.76. The van der Waals surface area contributed by atoms with Gasteiger partial charge in [0, 0.05) is 18.8 Å². The van der Waals surface area contributed by atoms with Gasteiger partial charge in [-0.2, -0.15) is 16.1 Å². The van der Waals surface area contributed by atoms with Gasteiger partial charge in [0.05, 0.1) is 5.02 Å². The van der Waals surface area contributed by atoms with Gasteiger partial charge in [-0.05, 0) is 24.3 Å². The van der Waals surface area contributed by atoms with E-state index in [1.165, 1.54) is 4.31 Å². The van der Waals surface area contributed by atoms with Crippen molar-refractivity contribution in [3.63, 3.8) is 0 Å². The van der Waals surface area contributed by atoms with Crippen molar-refractivity contribution >= 4 is 33.4 Å². The molecular weight excluding hydrogens is 278 g/mol. The number of nitrogens with zero attached hydrogens (tertiary/aromatic N) is 1. The average molecular weight is 292 g/mol. The molecule has 0 saturated carbocycles. The maximum atomic E-state index is 12.4. The molecule has 0 N–H and O–H groups in total. The number of halogens is 1. The zero-order chi connectivity index (χ0) is 12.3. The summed E-state index contributed by atoms with van der Waals surface area (Å²) in [5, 5.41) is 0.296. The van der Waals surface area contributed by atoms with Crippen molar-refractivity contribution < 1.29 is 8.42 Å². The summed E-state index contributed by atoms with van der Waals surface area (Å²) in [6.07, 6.45) is 0.897. The number of hydrogen-bond acceptors (Lipinski definition) is 3. The van der Waals surface area contributed by atoms with Gasteiger partial charge < -0.3 is 0 Å². The summed E-state index contributed by atoms with van der Waals surface area (Å²) in [4.78, 5) is 0.216. The van der Waals surface area contributed by atoms with Crippen LogP contribution in [-0.2, 0) is 10.0 Å². The summed E-state index contributed by atoms with van der Waals surface area (Å²) in [6, 6.07) is 6.61. The minimum atomic E-state index is -3.43. The standard InChI is InChI=1S/C11H14ClNO2S2/c12-10-4-1-2-5-11(10)17(14,15)13-6-3-8-16-9-7-13/h1-2,4-5H,3,6-9H2. The quantitative estimate of drug-likeness (QED) is 0.840. The van der Waals surface area contributed by atoms with Crippen LogP contribution in [0.2, 0.25) is 5.02 Å². The summed E-state index contributed by atoms with van der Waals surface area (Å²) in [6.45, 7) is 1.15. The third-order valence-electron chi connectivity index (χ3n) is 2.64. The fraction of sp³-hybridized carbons (Fsp3) is 0.455. The molecule has 0 radical (unpaired) electrons. The van der Waals surface area contributed by atoms with Crippen molar-refractivity contribution in [2.24, 2.45) is 0 Å². The fourth-order valence-corrected chi connectivity index (χ4v) is 4.73. The van der Waals surface area contributed by atoms with Crippen LogP contribution in [-0.4, -0.2) is 37.3 Å². The molecule has 0 spiro atoms. The Hall–Kier alpha value is -0.230. The second-order valence-corrected chi connectivity index (χ2v) is 7.34. The molecule has 0 bridgehead atoms. The average Bonchev–Trinajstić information content (AvgIpc) is 2.58. The molecule has 1 saturated heterocycles. The number of benzene rings is 1. The van der Waals surface area contributed by atoms with E-state index in [-0.39, 0.29) is 4.90 Å². The highest BCUT2D eigenvalue weighted by atomic mass is 35.5. The molecule has 0 atom stereocenters. The van der Waals surface area contributed by atoms with Crippen LogP contribution in [0.1, 0.15) is 6.42 Å². The highest BCUT2D eigenvalue weighted by Gasteiger charge is 2.26. The maximum Gasteiger partial charge on any atom is 0.244 e. The highest BCUT2D eigenvalue weighted by Crippen LogP contribution is 2.25. The number of sulfonamides is 1. The molecule has 6 heteroatoms. The van der Waals surface area contributed by atoms with Crippen molar-refractivity contribution in [3.05, 3.63) is 29.3 Å².